The summed E-state index contributed by atoms with van der Waals surface area (Å²) in [5, 5.41) is 12.5. The topological polar surface area (TPSA) is 33.1 Å². The Kier molecular flexibility index (Phi) is 3.32. The lowest BCUT2D eigenvalue weighted by Crippen LogP contribution is -1.92. The normalized spacial score (nSPS) is 11.1. The second-order valence-corrected chi connectivity index (χ2v) is 5.76. The maximum absolute atomic E-state index is 9.03. The van der Waals surface area contributed by atoms with E-state index in [9.17, 15) is 0 Å². The number of fused-ring (bicyclic) bond motifs is 1. The molecule has 0 amide bonds. The van der Waals surface area contributed by atoms with E-state index >= 15 is 0 Å². The summed E-state index contributed by atoms with van der Waals surface area (Å²) >= 11 is 1.69. The summed E-state index contributed by atoms with van der Waals surface area (Å²) in [6.45, 7) is 2.22. The van der Waals surface area contributed by atoms with Crippen molar-refractivity contribution in [3.63, 3.8) is 0 Å². The molecule has 3 aromatic rings. The Hall–Kier alpha value is -1.71. The van der Waals surface area contributed by atoms with Gasteiger partial charge in [0.15, 0.2) is 0 Å². The lowest BCUT2D eigenvalue weighted by Gasteiger charge is -2.00. The van der Waals surface area contributed by atoms with Crippen LogP contribution < -0.4 is 0 Å². The standard InChI is InChI=1S/C16H15NOS/c1-11-15(8-9-18)17-16(19-11)14-7-6-12-4-2-3-5-13(12)10-14/h2-7,10,18H,8-9H2,1H3. The smallest absolute Gasteiger partial charge is 0.123 e. The van der Waals surface area contributed by atoms with Crippen molar-refractivity contribution in [3.05, 3.63) is 53.0 Å². The summed E-state index contributed by atoms with van der Waals surface area (Å²) in [5.74, 6) is 0. The summed E-state index contributed by atoms with van der Waals surface area (Å²) in [6.07, 6.45) is 0.635. The van der Waals surface area contributed by atoms with Crippen molar-refractivity contribution >= 4 is 22.1 Å². The molecular weight excluding hydrogens is 254 g/mol. The van der Waals surface area contributed by atoms with Crippen LogP contribution in [0, 0.1) is 6.92 Å². The molecule has 0 fully saturated rings. The zero-order chi connectivity index (χ0) is 13.2. The van der Waals surface area contributed by atoms with Gasteiger partial charge in [-0.1, -0.05) is 36.4 Å². The fourth-order valence-corrected chi connectivity index (χ4v) is 3.17. The van der Waals surface area contributed by atoms with Gasteiger partial charge in [0.2, 0.25) is 0 Å². The summed E-state index contributed by atoms with van der Waals surface area (Å²) in [6, 6.07) is 14.8. The fraction of sp³-hybridized carbons (Fsp3) is 0.188. The predicted molar refractivity (Wildman–Crippen MR) is 80.6 cm³/mol. The molecule has 0 aliphatic rings. The average Bonchev–Trinajstić information content (AvgIpc) is 2.80. The predicted octanol–water partition coefficient (Wildman–Crippen LogP) is 3.81. The first kappa shape index (κ1) is 12.3. The molecule has 3 rings (SSSR count). The molecule has 1 aromatic heterocycles. The number of aromatic nitrogens is 1. The Bertz CT molecular complexity index is 718. The highest BCUT2D eigenvalue weighted by Crippen LogP contribution is 2.30. The number of benzene rings is 2. The van der Waals surface area contributed by atoms with Gasteiger partial charge in [-0.3, -0.25) is 0 Å². The molecule has 0 bridgehead atoms. The molecule has 0 unspecified atom stereocenters. The molecule has 0 aliphatic heterocycles. The number of aliphatic hydroxyl groups excluding tert-OH is 1. The SMILES string of the molecule is Cc1sc(-c2ccc3ccccc3c2)nc1CCO. The Morgan fingerprint density at radius 3 is 2.68 bits per heavy atom. The molecule has 0 saturated carbocycles. The number of hydrogen-bond acceptors (Lipinski definition) is 3. The Morgan fingerprint density at radius 1 is 1.11 bits per heavy atom. The average molecular weight is 269 g/mol. The van der Waals surface area contributed by atoms with Gasteiger partial charge in [0.1, 0.15) is 5.01 Å². The van der Waals surface area contributed by atoms with Crippen molar-refractivity contribution in [1.82, 2.24) is 4.98 Å². The summed E-state index contributed by atoms with van der Waals surface area (Å²) in [7, 11) is 0. The summed E-state index contributed by atoms with van der Waals surface area (Å²) in [4.78, 5) is 5.83. The highest BCUT2D eigenvalue weighted by atomic mass is 32.1. The second-order valence-electron chi connectivity index (χ2n) is 4.56. The van der Waals surface area contributed by atoms with Gasteiger partial charge < -0.3 is 5.11 Å². The molecule has 2 aromatic carbocycles. The van der Waals surface area contributed by atoms with E-state index < -0.39 is 0 Å². The van der Waals surface area contributed by atoms with Gasteiger partial charge in [0.25, 0.3) is 0 Å². The minimum absolute atomic E-state index is 0.154. The summed E-state index contributed by atoms with van der Waals surface area (Å²) < 4.78 is 0. The van der Waals surface area contributed by atoms with Crippen molar-refractivity contribution in [2.24, 2.45) is 0 Å². The van der Waals surface area contributed by atoms with Crippen LogP contribution in [0.4, 0.5) is 0 Å². The molecule has 3 heteroatoms. The first-order valence-electron chi connectivity index (χ1n) is 6.34. The van der Waals surface area contributed by atoms with Crippen LogP contribution in [-0.2, 0) is 6.42 Å². The van der Waals surface area contributed by atoms with Gasteiger partial charge in [-0.05, 0) is 23.8 Å². The van der Waals surface area contributed by atoms with Crippen LogP contribution in [0.15, 0.2) is 42.5 Å². The highest BCUT2D eigenvalue weighted by molar-refractivity contribution is 7.15. The lowest BCUT2D eigenvalue weighted by molar-refractivity contribution is 0.298. The molecule has 19 heavy (non-hydrogen) atoms. The second kappa shape index (κ2) is 5.11. The number of hydrogen-bond donors (Lipinski definition) is 1. The van der Waals surface area contributed by atoms with E-state index in [0.717, 1.165) is 16.3 Å². The van der Waals surface area contributed by atoms with Crippen molar-refractivity contribution < 1.29 is 5.11 Å². The van der Waals surface area contributed by atoms with Crippen molar-refractivity contribution in [2.75, 3.05) is 6.61 Å². The van der Waals surface area contributed by atoms with Gasteiger partial charge in [-0.2, -0.15) is 0 Å². The number of thiazole rings is 1. The quantitative estimate of drug-likeness (QED) is 0.784. The maximum Gasteiger partial charge on any atom is 0.123 e. The van der Waals surface area contributed by atoms with Crippen LogP contribution in [0.3, 0.4) is 0 Å². The van der Waals surface area contributed by atoms with E-state index in [2.05, 4.69) is 54.4 Å². The molecule has 1 N–H and O–H groups in total. The monoisotopic (exact) mass is 269 g/mol. The van der Waals surface area contributed by atoms with Gasteiger partial charge in [-0.25, -0.2) is 4.98 Å². The van der Waals surface area contributed by atoms with Crippen LogP contribution in [-0.4, -0.2) is 16.7 Å². The van der Waals surface area contributed by atoms with E-state index in [-0.39, 0.29) is 6.61 Å². The van der Waals surface area contributed by atoms with Crippen molar-refractivity contribution in [1.29, 1.82) is 0 Å². The fourth-order valence-electron chi connectivity index (χ4n) is 2.21. The minimum Gasteiger partial charge on any atom is -0.396 e. The van der Waals surface area contributed by atoms with Crippen LogP contribution in [0.5, 0.6) is 0 Å². The molecule has 0 spiro atoms. The molecule has 1 heterocycles. The highest BCUT2D eigenvalue weighted by Gasteiger charge is 2.09. The van der Waals surface area contributed by atoms with Crippen LogP contribution in [0.25, 0.3) is 21.3 Å². The third kappa shape index (κ3) is 2.39. The van der Waals surface area contributed by atoms with Crippen molar-refractivity contribution in [3.8, 4) is 10.6 Å². The number of aryl methyl sites for hydroxylation is 1. The van der Waals surface area contributed by atoms with E-state index in [1.807, 2.05) is 0 Å². The number of rotatable bonds is 3. The van der Waals surface area contributed by atoms with E-state index in [4.69, 9.17) is 5.11 Å². The minimum atomic E-state index is 0.154. The number of aliphatic hydroxyl groups is 1. The summed E-state index contributed by atoms with van der Waals surface area (Å²) in [5.41, 5.74) is 2.16. The molecule has 0 saturated heterocycles. The van der Waals surface area contributed by atoms with E-state index in [1.165, 1.54) is 15.6 Å². The molecular formula is C16H15NOS. The van der Waals surface area contributed by atoms with Gasteiger partial charge in [-0.15, -0.1) is 11.3 Å². The molecule has 2 nitrogen and oxygen atoms in total. The van der Waals surface area contributed by atoms with Crippen LogP contribution >= 0.6 is 11.3 Å². The van der Waals surface area contributed by atoms with Crippen molar-refractivity contribution in [2.45, 2.75) is 13.3 Å². The van der Waals surface area contributed by atoms with E-state index in [1.54, 1.807) is 11.3 Å². The third-order valence-electron chi connectivity index (χ3n) is 3.24. The van der Waals surface area contributed by atoms with Crippen LogP contribution in [0.2, 0.25) is 0 Å². The van der Waals surface area contributed by atoms with E-state index in [0.29, 0.717) is 6.42 Å². The van der Waals surface area contributed by atoms with Gasteiger partial charge >= 0.3 is 0 Å². The maximum atomic E-state index is 9.03. The first-order chi connectivity index (χ1) is 9.28. The molecule has 0 atom stereocenters. The largest absolute Gasteiger partial charge is 0.396 e. The van der Waals surface area contributed by atoms with Crippen LogP contribution in [0.1, 0.15) is 10.6 Å². The first-order valence-corrected chi connectivity index (χ1v) is 7.16. The number of nitrogens with zero attached hydrogens (tertiary/aromatic N) is 1. The zero-order valence-corrected chi connectivity index (χ0v) is 11.6. The Morgan fingerprint density at radius 2 is 1.89 bits per heavy atom. The zero-order valence-electron chi connectivity index (χ0n) is 10.8. The Balaban J connectivity index is 2.06. The molecule has 96 valence electrons. The third-order valence-corrected chi connectivity index (χ3v) is 4.30. The Labute approximate surface area is 116 Å². The molecule has 0 aliphatic carbocycles. The molecule has 0 radical (unpaired) electrons. The lowest BCUT2D eigenvalue weighted by atomic mass is 10.1. The van der Waals surface area contributed by atoms with Gasteiger partial charge in [0, 0.05) is 23.5 Å². The van der Waals surface area contributed by atoms with Gasteiger partial charge in [0.05, 0.1) is 5.69 Å².